The van der Waals surface area contributed by atoms with Crippen LogP contribution in [0, 0.1) is 17.3 Å². The molecule has 5 nitrogen and oxygen atoms in total. The van der Waals surface area contributed by atoms with Crippen LogP contribution in [-0.4, -0.2) is 40.7 Å². The number of nitrogens with zero attached hydrogens (tertiary/aromatic N) is 2. The van der Waals surface area contributed by atoms with E-state index in [4.69, 9.17) is 4.74 Å². The third kappa shape index (κ3) is 3.52. The first-order valence-electron chi connectivity index (χ1n) is 9.80. The number of halogens is 3. The van der Waals surface area contributed by atoms with Gasteiger partial charge in [-0.05, 0) is 48.8 Å². The van der Waals surface area contributed by atoms with E-state index in [1.54, 1.807) is 6.07 Å². The Morgan fingerprint density at radius 2 is 2.07 bits per heavy atom. The largest absolute Gasteiger partial charge is 0.497 e. The van der Waals surface area contributed by atoms with Crippen molar-refractivity contribution in [2.75, 3.05) is 7.11 Å². The van der Waals surface area contributed by atoms with E-state index < -0.39 is 23.7 Å². The van der Waals surface area contributed by atoms with Crippen molar-refractivity contribution in [3.63, 3.8) is 0 Å². The lowest BCUT2D eigenvalue weighted by molar-refractivity contribution is -0.314. The smallest absolute Gasteiger partial charge is 0.439 e. The maximum absolute atomic E-state index is 14.2. The molecule has 3 rings (SSSR count). The molecule has 160 valence electrons. The summed E-state index contributed by atoms with van der Waals surface area (Å²) in [6.07, 6.45) is -3.08. The molecule has 0 saturated heterocycles. The van der Waals surface area contributed by atoms with Crippen molar-refractivity contribution < 1.29 is 27.8 Å². The Hall–Kier alpha value is -2.09. The third-order valence-corrected chi connectivity index (χ3v) is 6.65. The van der Waals surface area contributed by atoms with Gasteiger partial charge in [0.25, 0.3) is 11.6 Å². The van der Waals surface area contributed by atoms with Crippen molar-refractivity contribution in [1.29, 1.82) is 0 Å². The van der Waals surface area contributed by atoms with Gasteiger partial charge in [0.05, 0.1) is 13.0 Å². The van der Waals surface area contributed by atoms with E-state index >= 15 is 0 Å². The Morgan fingerprint density at radius 1 is 1.38 bits per heavy atom. The SMILES string of the molecule is CCC(C)(C)[C@@H]1CCC2=NN(C(=O)c3cccc(OC)c3)[C@@](O)(C(F)(F)F)[C@@H]2C1. The van der Waals surface area contributed by atoms with E-state index in [9.17, 15) is 23.1 Å². The Labute approximate surface area is 168 Å². The van der Waals surface area contributed by atoms with Crippen LogP contribution in [0.3, 0.4) is 0 Å². The average molecular weight is 412 g/mol. The van der Waals surface area contributed by atoms with Crippen molar-refractivity contribution >= 4 is 11.6 Å². The van der Waals surface area contributed by atoms with Crippen LogP contribution in [0.1, 0.15) is 56.8 Å². The fourth-order valence-corrected chi connectivity index (χ4v) is 4.30. The average Bonchev–Trinajstić information content (AvgIpc) is 3.00. The summed E-state index contributed by atoms with van der Waals surface area (Å²) in [6, 6.07) is 5.81. The molecule has 1 N–H and O–H groups in total. The maximum atomic E-state index is 14.2. The number of hydrazone groups is 1. The fourth-order valence-electron chi connectivity index (χ4n) is 4.30. The minimum Gasteiger partial charge on any atom is -0.497 e. The summed E-state index contributed by atoms with van der Waals surface area (Å²) in [7, 11) is 1.40. The van der Waals surface area contributed by atoms with Crippen LogP contribution in [0.5, 0.6) is 5.75 Å². The first-order valence-corrected chi connectivity index (χ1v) is 9.80. The predicted molar refractivity (Wildman–Crippen MR) is 103 cm³/mol. The summed E-state index contributed by atoms with van der Waals surface area (Å²) in [6.45, 7) is 6.06. The lowest BCUT2D eigenvalue weighted by Gasteiger charge is -2.43. The molecular weight excluding hydrogens is 385 g/mol. The van der Waals surface area contributed by atoms with Gasteiger partial charge in [-0.25, -0.2) is 0 Å². The van der Waals surface area contributed by atoms with Crippen LogP contribution < -0.4 is 4.74 Å². The summed E-state index contributed by atoms with van der Waals surface area (Å²) in [4.78, 5) is 13.0. The van der Waals surface area contributed by atoms with E-state index in [-0.39, 0.29) is 34.0 Å². The number of aliphatic hydroxyl groups is 1. The van der Waals surface area contributed by atoms with Gasteiger partial charge in [-0.2, -0.15) is 23.3 Å². The summed E-state index contributed by atoms with van der Waals surface area (Å²) >= 11 is 0. The van der Waals surface area contributed by atoms with Crippen LogP contribution in [0.15, 0.2) is 29.4 Å². The second-order valence-electron chi connectivity index (χ2n) is 8.53. The molecule has 8 heteroatoms. The number of benzene rings is 1. The van der Waals surface area contributed by atoms with Gasteiger partial charge in [0.15, 0.2) is 0 Å². The van der Waals surface area contributed by atoms with Gasteiger partial charge in [0.1, 0.15) is 5.75 Å². The molecule has 1 aliphatic carbocycles. The van der Waals surface area contributed by atoms with E-state index in [1.807, 2.05) is 20.8 Å². The Balaban J connectivity index is 2.00. The summed E-state index contributed by atoms with van der Waals surface area (Å²) < 4.78 is 47.5. The van der Waals surface area contributed by atoms with E-state index in [1.165, 1.54) is 25.3 Å². The molecule has 0 aromatic heterocycles. The standard InChI is InChI=1S/C21H27F3N2O3/c1-5-19(2,3)14-9-10-17-16(12-14)20(28,21(22,23)24)26(25-17)18(27)13-7-6-8-15(11-13)29-4/h6-8,11,14,16,28H,5,9-10,12H2,1-4H3/t14-,16-,20+/m1/s1. The van der Waals surface area contributed by atoms with Gasteiger partial charge in [-0.15, -0.1) is 0 Å². The second kappa shape index (κ2) is 7.31. The quantitative estimate of drug-likeness (QED) is 0.786. The van der Waals surface area contributed by atoms with Crippen molar-refractivity contribution in [2.45, 2.75) is 58.4 Å². The maximum Gasteiger partial charge on any atom is 0.439 e. The first kappa shape index (κ1) is 21.6. The monoisotopic (exact) mass is 412 g/mol. The molecule has 0 radical (unpaired) electrons. The molecule has 29 heavy (non-hydrogen) atoms. The number of fused-ring (bicyclic) bond motifs is 1. The second-order valence-corrected chi connectivity index (χ2v) is 8.53. The van der Waals surface area contributed by atoms with Crippen LogP contribution in [0.25, 0.3) is 0 Å². The Kier molecular flexibility index (Phi) is 5.45. The number of hydrogen-bond acceptors (Lipinski definition) is 4. The zero-order valence-electron chi connectivity index (χ0n) is 17.1. The number of carbonyl (C=O) groups is 1. The van der Waals surface area contributed by atoms with Gasteiger partial charge < -0.3 is 9.84 Å². The summed E-state index contributed by atoms with van der Waals surface area (Å²) in [5.41, 5.74) is -3.31. The molecule has 1 aromatic rings. The number of amides is 1. The summed E-state index contributed by atoms with van der Waals surface area (Å²) in [5, 5.41) is 15.2. The topological polar surface area (TPSA) is 62.1 Å². The molecule has 1 amide bonds. The number of rotatable bonds is 4. The van der Waals surface area contributed by atoms with Gasteiger partial charge in [0, 0.05) is 11.3 Å². The highest BCUT2D eigenvalue weighted by Crippen LogP contribution is 2.52. The molecular formula is C21H27F3N2O3. The molecule has 1 fully saturated rings. The lowest BCUT2D eigenvalue weighted by Crippen LogP contribution is -2.62. The van der Waals surface area contributed by atoms with Gasteiger partial charge in [0.2, 0.25) is 0 Å². The van der Waals surface area contributed by atoms with Crippen LogP contribution in [-0.2, 0) is 0 Å². The lowest BCUT2D eigenvalue weighted by atomic mass is 9.64. The third-order valence-electron chi connectivity index (χ3n) is 6.65. The molecule has 0 bridgehead atoms. The van der Waals surface area contributed by atoms with Crippen molar-refractivity contribution in [3.05, 3.63) is 29.8 Å². The fraction of sp³-hybridized carbons (Fsp3) is 0.619. The minimum atomic E-state index is -5.05. The van der Waals surface area contributed by atoms with Crippen molar-refractivity contribution in [1.82, 2.24) is 5.01 Å². The normalized spacial score (nSPS) is 27.4. The van der Waals surface area contributed by atoms with Crippen LogP contribution in [0.4, 0.5) is 13.2 Å². The zero-order chi connectivity index (χ0) is 21.6. The highest BCUT2D eigenvalue weighted by atomic mass is 19.4. The highest BCUT2D eigenvalue weighted by Gasteiger charge is 2.69. The Bertz CT molecular complexity index is 822. The van der Waals surface area contributed by atoms with E-state index in [0.29, 0.717) is 18.6 Å². The van der Waals surface area contributed by atoms with Crippen LogP contribution in [0.2, 0.25) is 0 Å². The van der Waals surface area contributed by atoms with Crippen molar-refractivity contribution in [2.24, 2.45) is 22.4 Å². The molecule has 1 aromatic carbocycles. The van der Waals surface area contributed by atoms with Gasteiger partial charge in [-0.3, -0.25) is 4.79 Å². The molecule has 0 unspecified atom stereocenters. The molecule has 1 aliphatic heterocycles. The zero-order valence-corrected chi connectivity index (χ0v) is 17.1. The highest BCUT2D eigenvalue weighted by molar-refractivity contribution is 5.99. The number of methoxy groups -OCH3 is 1. The number of alkyl halides is 3. The number of carbonyl (C=O) groups excluding carboxylic acids is 1. The Morgan fingerprint density at radius 3 is 2.66 bits per heavy atom. The minimum absolute atomic E-state index is 0.00260. The van der Waals surface area contributed by atoms with Crippen LogP contribution >= 0.6 is 0 Å². The molecule has 1 heterocycles. The molecule has 3 atom stereocenters. The van der Waals surface area contributed by atoms with Gasteiger partial charge in [-0.1, -0.05) is 33.3 Å². The number of ether oxygens (including phenoxy) is 1. The van der Waals surface area contributed by atoms with Crippen molar-refractivity contribution in [3.8, 4) is 5.75 Å². The molecule has 2 aliphatic rings. The van der Waals surface area contributed by atoms with Gasteiger partial charge >= 0.3 is 6.18 Å². The first-order chi connectivity index (χ1) is 13.5. The number of hydrogen-bond donors (Lipinski definition) is 1. The summed E-state index contributed by atoms with van der Waals surface area (Å²) in [5.74, 6) is -1.93. The predicted octanol–water partition coefficient (Wildman–Crippen LogP) is 4.61. The molecule has 1 saturated carbocycles. The van der Waals surface area contributed by atoms with E-state index in [2.05, 4.69) is 5.10 Å². The van der Waals surface area contributed by atoms with E-state index in [0.717, 1.165) is 6.42 Å². The molecule has 0 spiro atoms.